The van der Waals surface area contributed by atoms with E-state index in [9.17, 15) is 13.2 Å². The lowest BCUT2D eigenvalue weighted by Gasteiger charge is -2.16. The van der Waals surface area contributed by atoms with Gasteiger partial charge < -0.3 is 4.57 Å². The molecule has 138 valence electrons. The van der Waals surface area contributed by atoms with Crippen LogP contribution in [0.15, 0.2) is 23.4 Å². The van der Waals surface area contributed by atoms with Crippen molar-refractivity contribution in [3.8, 4) is 0 Å². The number of anilines is 1. The van der Waals surface area contributed by atoms with Gasteiger partial charge in [-0.25, -0.2) is 8.42 Å². The van der Waals surface area contributed by atoms with Crippen LogP contribution in [-0.4, -0.2) is 47.5 Å². The fourth-order valence-corrected chi connectivity index (χ4v) is 5.02. The number of carbonyl (C=O) groups excluding carboxylic acids is 1. The average molecular weight is 393 g/mol. The summed E-state index contributed by atoms with van der Waals surface area (Å²) in [5, 5.41) is 9.17. The van der Waals surface area contributed by atoms with E-state index in [1.54, 1.807) is 12.1 Å². The van der Waals surface area contributed by atoms with Crippen molar-refractivity contribution in [1.82, 2.24) is 14.8 Å². The first-order valence-electron chi connectivity index (χ1n) is 8.50. The first kappa shape index (κ1) is 17.5. The standard InChI is InChI=1S/C17H20N4O3S2/c1-20-16(11-3-4-11)18-19-17(20)25-10-15(22)13-5-6-14-12(9-13)7-8-21(14)26(2,23)24/h5-6,9,11H,3-4,7-8,10H2,1-2H3. The fraction of sp³-hybridized carbons (Fsp3) is 0.471. The molecule has 1 fully saturated rings. The third kappa shape index (κ3) is 3.25. The monoisotopic (exact) mass is 392 g/mol. The Morgan fingerprint density at radius 2 is 2.08 bits per heavy atom. The van der Waals surface area contributed by atoms with Gasteiger partial charge in [-0.05, 0) is 43.0 Å². The van der Waals surface area contributed by atoms with Crippen LogP contribution in [0.1, 0.15) is 40.5 Å². The van der Waals surface area contributed by atoms with E-state index in [0.29, 0.717) is 30.1 Å². The van der Waals surface area contributed by atoms with Gasteiger partial charge in [-0.15, -0.1) is 10.2 Å². The van der Waals surface area contributed by atoms with E-state index in [4.69, 9.17) is 0 Å². The summed E-state index contributed by atoms with van der Waals surface area (Å²) in [6.07, 6.45) is 4.16. The number of rotatable bonds is 6. The van der Waals surface area contributed by atoms with Crippen LogP contribution in [0.2, 0.25) is 0 Å². The highest BCUT2D eigenvalue weighted by molar-refractivity contribution is 7.99. The van der Waals surface area contributed by atoms with Crippen LogP contribution in [0.25, 0.3) is 0 Å². The second-order valence-electron chi connectivity index (χ2n) is 6.81. The molecule has 9 heteroatoms. The number of aromatic nitrogens is 3. The zero-order valence-corrected chi connectivity index (χ0v) is 16.3. The number of sulfonamides is 1. The number of Topliss-reactive ketones (excluding diaryl/α,β-unsaturated/α-hetero) is 1. The number of hydrogen-bond acceptors (Lipinski definition) is 6. The summed E-state index contributed by atoms with van der Waals surface area (Å²) in [5.41, 5.74) is 2.19. The molecule has 0 saturated heterocycles. The summed E-state index contributed by atoms with van der Waals surface area (Å²) >= 11 is 1.39. The lowest BCUT2D eigenvalue weighted by molar-refractivity contribution is 0.102. The summed E-state index contributed by atoms with van der Waals surface area (Å²) < 4.78 is 27.0. The molecule has 0 amide bonds. The van der Waals surface area contributed by atoms with Crippen LogP contribution >= 0.6 is 11.8 Å². The van der Waals surface area contributed by atoms with Crippen LogP contribution in [-0.2, 0) is 23.5 Å². The summed E-state index contributed by atoms with van der Waals surface area (Å²) in [5.74, 6) is 1.81. The number of nitrogens with zero attached hydrogens (tertiary/aromatic N) is 4. The number of hydrogen-bond donors (Lipinski definition) is 0. The van der Waals surface area contributed by atoms with Gasteiger partial charge in [-0.2, -0.15) is 0 Å². The Kier molecular flexibility index (Phi) is 4.31. The molecule has 4 rings (SSSR count). The van der Waals surface area contributed by atoms with Crippen LogP contribution < -0.4 is 4.31 Å². The van der Waals surface area contributed by atoms with Crippen molar-refractivity contribution in [2.75, 3.05) is 22.9 Å². The van der Waals surface area contributed by atoms with Crippen molar-refractivity contribution in [2.45, 2.75) is 30.3 Å². The highest BCUT2D eigenvalue weighted by Gasteiger charge is 2.30. The third-order valence-corrected chi connectivity index (χ3v) is 7.00. The van der Waals surface area contributed by atoms with Crippen LogP contribution in [0.5, 0.6) is 0 Å². The van der Waals surface area contributed by atoms with Crippen LogP contribution in [0.4, 0.5) is 5.69 Å². The van der Waals surface area contributed by atoms with E-state index in [2.05, 4.69) is 10.2 Å². The number of fused-ring (bicyclic) bond motifs is 1. The summed E-state index contributed by atoms with van der Waals surface area (Å²) in [6, 6.07) is 5.25. The first-order valence-corrected chi connectivity index (χ1v) is 11.3. The van der Waals surface area contributed by atoms with Gasteiger partial charge in [0.15, 0.2) is 10.9 Å². The van der Waals surface area contributed by atoms with Gasteiger partial charge in [0.2, 0.25) is 10.0 Å². The smallest absolute Gasteiger partial charge is 0.232 e. The van der Waals surface area contributed by atoms with Crippen molar-refractivity contribution in [1.29, 1.82) is 0 Å². The Balaban J connectivity index is 1.46. The van der Waals surface area contributed by atoms with Gasteiger partial charge in [0.05, 0.1) is 17.7 Å². The summed E-state index contributed by atoms with van der Waals surface area (Å²) in [4.78, 5) is 12.6. The van der Waals surface area contributed by atoms with Gasteiger partial charge >= 0.3 is 0 Å². The maximum atomic E-state index is 12.6. The number of carbonyl (C=O) groups is 1. The molecular formula is C17H20N4O3S2. The molecule has 0 bridgehead atoms. The minimum absolute atomic E-state index is 0.00609. The Morgan fingerprint density at radius 3 is 2.77 bits per heavy atom. The molecule has 1 aliphatic carbocycles. The Bertz CT molecular complexity index is 980. The SMILES string of the molecule is Cn1c(SCC(=O)c2ccc3c(c2)CCN3S(C)(=O)=O)nnc1C1CC1. The minimum Gasteiger partial charge on any atom is -0.309 e. The Hall–Kier alpha value is -1.87. The molecule has 7 nitrogen and oxygen atoms in total. The van der Waals surface area contributed by atoms with E-state index in [-0.39, 0.29) is 11.5 Å². The molecule has 26 heavy (non-hydrogen) atoms. The molecule has 2 heterocycles. The normalized spacial score (nSPS) is 16.8. The zero-order valence-electron chi connectivity index (χ0n) is 14.7. The highest BCUT2D eigenvalue weighted by Crippen LogP contribution is 2.39. The van der Waals surface area contributed by atoms with E-state index in [1.807, 2.05) is 17.7 Å². The van der Waals surface area contributed by atoms with Crippen molar-refractivity contribution in [3.63, 3.8) is 0 Å². The predicted octanol–water partition coefficient (Wildman–Crippen LogP) is 1.99. The number of ketones is 1. The topological polar surface area (TPSA) is 85.2 Å². The zero-order chi connectivity index (χ0) is 18.5. The number of thioether (sulfide) groups is 1. The van der Waals surface area contributed by atoms with Crippen molar-refractivity contribution >= 4 is 33.3 Å². The quantitative estimate of drug-likeness (QED) is 0.552. The largest absolute Gasteiger partial charge is 0.309 e. The molecule has 0 spiro atoms. The van der Waals surface area contributed by atoms with E-state index in [0.717, 1.165) is 29.4 Å². The molecule has 0 atom stereocenters. The van der Waals surface area contributed by atoms with E-state index >= 15 is 0 Å². The van der Waals surface area contributed by atoms with E-state index in [1.165, 1.54) is 22.3 Å². The molecule has 1 aromatic heterocycles. The van der Waals surface area contributed by atoms with Gasteiger partial charge in [-0.1, -0.05) is 11.8 Å². The van der Waals surface area contributed by atoms with Gasteiger partial charge in [0.25, 0.3) is 0 Å². The maximum Gasteiger partial charge on any atom is 0.232 e. The summed E-state index contributed by atoms with van der Waals surface area (Å²) in [7, 11) is -1.33. The summed E-state index contributed by atoms with van der Waals surface area (Å²) in [6.45, 7) is 0.434. The molecule has 2 aliphatic rings. The molecular weight excluding hydrogens is 372 g/mol. The minimum atomic E-state index is -3.27. The maximum absolute atomic E-state index is 12.6. The van der Waals surface area contributed by atoms with Crippen molar-refractivity contribution < 1.29 is 13.2 Å². The number of benzene rings is 1. The molecule has 0 N–H and O–H groups in total. The molecule has 0 radical (unpaired) electrons. The first-order chi connectivity index (χ1) is 12.3. The lowest BCUT2D eigenvalue weighted by atomic mass is 10.1. The molecule has 1 aromatic carbocycles. The average Bonchev–Trinajstić information content (AvgIpc) is 3.22. The second-order valence-corrected chi connectivity index (χ2v) is 9.66. The molecule has 1 saturated carbocycles. The molecule has 0 unspecified atom stereocenters. The van der Waals surface area contributed by atoms with Crippen molar-refractivity contribution in [3.05, 3.63) is 35.2 Å². The van der Waals surface area contributed by atoms with E-state index < -0.39 is 10.0 Å². The van der Waals surface area contributed by atoms with Gasteiger partial charge in [0.1, 0.15) is 5.82 Å². The lowest BCUT2D eigenvalue weighted by Crippen LogP contribution is -2.27. The van der Waals surface area contributed by atoms with Crippen LogP contribution in [0, 0.1) is 0 Å². The molecule has 1 aliphatic heterocycles. The molecule has 2 aromatic rings. The Labute approximate surface area is 156 Å². The van der Waals surface area contributed by atoms with Crippen molar-refractivity contribution in [2.24, 2.45) is 7.05 Å². The third-order valence-electron chi connectivity index (χ3n) is 4.80. The van der Waals surface area contributed by atoms with Crippen LogP contribution in [0.3, 0.4) is 0 Å². The Morgan fingerprint density at radius 1 is 1.31 bits per heavy atom. The second kappa shape index (κ2) is 6.38. The van der Waals surface area contributed by atoms with Gasteiger partial charge in [-0.3, -0.25) is 9.10 Å². The predicted molar refractivity (Wildman–Crippen MR) is 100 cm³/mol. The fourth-order valence-electron chi connectivity index (χ4n) is 3.25. The van der Waals surface area contributed by atoms with Gasteiger partial charge in [0, 0.05) is 25.1 Å². The highest BCUT2D eigenvalue weighted by atomic mass is 32.2.